The molecule has 1 aliphatic carbocycles. The van der Waals surface area contributed by atoms with E-state index in [1.54, 1.807) is 6.07 Å². The number of primary amides is 1. The quantitative estimate of drug-likeness (QED) is 0.721. The Hall–Kier alpha value is -2.88. The van der Waals surface area contributed by atoms with Crippen molar-refractivity contribution in [1.82, 2.24) is 0 Å². The molecule has 1 amide bonds. The van der Waals surface area contributed by atoms with E-state index >= 15 is 0 Å². The third-order valence-corrected chi connectivity index (χ3v) is 3.62. The van der Waals surface area contributed by atoms with E-state index in [1.165, 1.54) is 11.1 Å². The standard InChI is InChI=1S/C17H13NO3/c18-16(19)9-15(17(20)21)11-5-6-14-12(8-11)7-10-3-1-2-4-13(10)14/h1-6,8-9H,7H2,(H2,18,19)(H,20,21). The second kappa shape index (κ2) is 4.90. The van der Waals surface area contributed by atoms with Crippen LogP contribution < -0.4 is 5.73 Å². The molecule has 3 rings (SSSR count). The van der Waals surface area contributed by atoms with Crippen LogP contribution in [0.2, 0.25) is 0 Å². The summed E-state index contributed by atoms with van der Waals surface area (Å²) in [5, 5.41) is 9.22. The van der Waals surface area contributed by atoms with E-state index in [0.717, 1.165) is 23.6 Å². The van der Waals surface area contributed by atoms with Crippen LogP contribution in [0.5, 0.6) is 0 Å². The van der Waals surface area contributed by atoms with E-state index in [1.807, 2.05) is 24.3 Å². The molecule has 0 aliphatic heterocycles. The maximum Gasteiger partial charge on any atom is 0.336 e. The molecule has 0 aromatic heterocycles. The van der Waals surface area contributed by atoms with Crippen molar-refractivity contribution in [1.29, 1.82) is 0 Å². The van der Waals surface area contributed by atoms with Crippen molar-refractivity contribution in [2.24, 2.45) is 5.73 Å². The first-order valence-corrected chi connectivity index (χ1v) is 6.52. The van der Waals surface area contributed by atoms with Gasteiger partial charge in [0.05, 0.1) is 5.57 Å². The van der Waals surface area contributed by atoms with E-state index in [2.05, 4.69) is 12.1 Å². The summed E-state index contributed by atoms with van der Waals surface area (Å²) in [7, 11) is 0. The highest BCUT2D eigenvalue weighted by atomic mass is 16.4. The van der Waals surface area contributed by atoms with Crippen molar-refractivity contribution in [2.75, 3.05) is 0 Å². The monoisotopic (exact) mass is 279 g/mol. The van der Waals surface area contributed by atoms with Crippen LogP contribution >= 0.6 is 0 Å². The lowest BCUT2D eigenvalue weighted by Crippen LogP contribution is -2.10. The Morgan fingerprint density at radius 1 is 1.05 bits per heavy atom. The number of carbonyl (C=O) groups excluding carboxylic acids is 1. The number of rotatable bonds is 3. The van der Waals surface area contributed by atoms with Crippen molar-refractivity contribution in [3.05, 3.63) is 65.2 Å². The van der Waals surface area contributed by atoms with Crippen LogP contribution in [0.25, 0.3) is 16.7 Å². The third kappa shape index (κ3) is 2.31. The lowest BCUT2D eigenvalue weighted by Gasteiger charge is -2.06. The zero-order chi connectivity index (χ0) is 15.0. The van der Waals surface area contributed by atoms with Crippen LogP contribution in [0.1, 0.15) is 16.7 Å². The van der Waals surface area contributed by atoms with Gasteiger partial charge < -0.3 is 10.8 Å². The van der Waals surface area contributed by atoms with Crippen molar-refractivity contribution in [3.63, 3.8) is 0 Å². The number of carboxylic acids is 1. The van der Waals surface area contributed by atoms with E-state index in [9.17, 15) is 14.7 Å². The van der Waals surface area contributed by atoms with Crippen LogP contribution in [-0.4, -0.2) is 17.0 Å². The van der Waals surface area contributed by atoms with E-state index in [0.29, 0.717) is 5.56 Å². The molecule has 4 nitrogen and oxygen atoms in total. The maximum absolute atomic E-state index is 11.3. The van der Waals surface area contributed by atoms with Gasteiger partial charge in [-0.1, -0.05) is 36.4 Å². The molecule has 3 N–H and O–H groups in total. The molecule has 0 saturated carbocycles. The first kappa shape index (κ1) is 13.1. The van der Waals surface area contributed by atoms with Gasteiger partial charge in [0.1, 0.15) is 0 Å². The maximum atomic E-state index is 11.3. The van der Waals surface area contributed by atoms with Gasteiger partial charge in [0.15, 0.2) is 0 Å². The minimum Gasteiger partial charge on any atom is -0.478 e. The number of fused-ring (bicyclic) bond motifs is 3. The average molecular weight is 279 g/mol. The number of benzene rings is 2. The molecule has 0 spiro atoms. The topological polar surface area (TPSA) is 80.4 Å². The molecule has 2 aromatic rings. The lowest BCUT2D eigenvalue weighted by molar-refractivity contribution is -0.130. The Bertz CT molecular complexity index is 790. The largest absolute Gasteiger partial charge is 0.478 e. The number of carboxylic acid groups (broad SMARTS) is 1. The number of nitrogens with two attached hydrogens (primary N) is 1. The number of aliphatic carboxylic acids is 1. The predicted molar refractivity (Wildman–Crippen MR) is 79.5 cm³/mol. The molecule has 0 radical (unpaired) electrons. The van der Waals surface area contributed by atoms with Crippen LogP contribution in [0.15, 0.2) is 48.5 Å². The SMILES string of the molecule is NC(=O)C=C(C(=O)O)c1ccc2c(c1)Cc1ccccc1-2. The molecular formula is C17H13NO3. The number of carbonyl (C=O) groups is 2. The smallest absolute Gasteiger partial charge is 0.336 e. The predicted octanol–water partition coefficient (Wildman–Crippen LogP) is 2.21. The van der Waals surface area contributed by atoms with Gasteiger partial charge in [0.2, 0.25) is 5.91 Å². The summed E-state index contributed by atoms with van der Waals surface area (Å²) < 4.78 is 0. The Balaban J connectivity index is 2.08. The first-order chi connectivity index (χ1) is 10.1. The molecule has 2 aromatic carbocycles. The fraction of sp³-hybridized carbons (Fsp3) is 0.0588. The van der Waals surface area contributed by atoms with Crippen molar-refractivity contribution < 1.29 is 14.7 Å². The third-order valence-electron chi connectivity index (χ3n) is 3.62. The first-order valence-electron chi connectivity index (χ1n) is 6.52. The highest BCUT2D eigenvalue weighted by Gasteiger charge is 2.20. The summed E-state index contributed by atoms with van der Waals surface area (Å²) in [6.45, 7) is 0. The van der Waals surface area contributed by atoms with Crippen molar-refractivity contribution in [2.45, 2.75) is 6.42 Å². The second-order valence-electron chi connectivity index (χ2n) is 4.97. The van der Waals surface area contributed by atoms with Gasteiger partial charge in [-0.3, -0.25) is 4.79 Å². The average Bonchev–Trinajstić information content (AvgIpc) is 2.81. The van der Waals surface area contributed by atoms with E-state index in [4.69, 9.17) is 5.73 Å². The molecule has 0 saturated heterocycles. The summed E-state index contributed by atoms with van der Waals surface area (Å²) in [6.07, 6.45) is 1.72. The summed E-state index contributed by atoms with van der Waals surface area (Å²) >= 11 is 0. The molecule has 21 heavy (non-hydrogen) atoms. The fourth-order valence-corrected chi connectivity index (χ4v) is 2.72. The summed E-state index contributed by atoms with van der Waals surface area (Å²) in [4.78, 5) is 22.3. The molecule has 0 heterocycles. The number of amides is 1. The van der Waals surface area contributed by atoms with Crippen molar-refractivity contribution >= 4 is 17.4 Å². The summed E-state index contributed by atoms with van der Waals surface area (Å²) in [6, 6.07) is 13.5. The Morgan fingerprint density at radius 2 is 1.76 bits per heavy atom. The molecule has 4 heteroatoms. The highest BCUT2D eigenvalue weighted by Crippen LogP contribution is 2.37. The molecule has 0 unspecified atom stereocenters. The Kier molecular flexibility index (Phi) is 3.06. The Morgan fingerprint density at radius 3 is 2.48 bits per heavy atom. The van der Waals surface area contributed by atoms with Crippen LogP contribution in [-0.2, 0) is 16.0 Å². The summed E-state index contributed by atoms with van der Waals surface area (Å²) in [5.41, 5.74) is 10.1. The van der Waals surface area contributed by atoms with Gasteiger partial charge in [0.25, 0.3) is 0 Å². The highest BCUT2D eigenvalue weighted by molar-refractivity contribution is 6.20. The summed E-state index contributed by atoms with van der Waals surface area (Å²) in [5.74, 6) is -1.93. The normalized spacial score (nSPS) is 12.7. The molecule has 104 valence electrons. The zero-order valence-electron chi connectivity index (χ0n) is 11.2. The minimum atomic E-state index is -1.16. The number of hydrogen-bond acceptors (Lipinski definition) is 2. The van der Waals surface area contributed by atoms with Gasteiger partial charge in [-0.2, -0.15) is 0 Å². The molecule has 0 bridgehead atoms. The minimum absolute atomic E-state index is 0.0822. The van der Waals surface area contributed by atoms with E-state index < -0.39 is 11.9 Å². The van der Waals surface area contributed by atoms with Crippen LogP contribution in [0.4, 0.5) is 0 Å². The molecule has 0 atom stereocenters. The van der Waals surface area contributed by atoms with Crippen LogP contribution in [0.3, 0.4) is 0 Å². The molecule has 0 fully saturated rings. The Labute approximate surface area is 121 Å². The zero-order valence-corrected chi connectivity index (χ0v) is 11.2. The van der Waals surface area contributed by atoms with Gasteiger partial charge in [-0.15, -0.1) is 0 Å². The van der Waals surface area contributed by atoms with Crippen molar-refractivity contribution in [3.8, 4) is 11.1 Å². The van der Waals surface area contributed by atoms with Gasteiger partial charge >= 0.3 is 5.97 Å². The number of hydrogen-bond donors (Lipinski definition) is 2. The van der Waals surface area contributed by atoms with Gasteiger partial charge in [-0.05, 0) is 40.3 Å². The molecule has 1 aliphatic rings. The fourth-order valence-electron chi connectivity index (χ4n) is 2.72. The van der Waals surface area contributed by atoms with E-state index in [-0.39, 0.29) is 5.57 Å². The molecular weight excluding hydrogens is 266 g/mol. The van der Waals surface area contributed by atoms with Gasteiger partial charge in [0, 0.05) is 6.08 Å². The van der Waals surface area contributed by atoms with Crippen LogP contribution in [0, 0.1) is 0 Å². The van der Waals surface area contributed by atoms with Gasteiger partial charge in [-0.25, -0.2) is 4.79 Å². The lowest BCUT2D eigenvalue weighted by atomic mass is 9.99. The second-order valence-corrected chi connectivity index (χ2v) is 4.97.